The fourth-order valence-electron chi connectivity index (χ4n) is 2.34. The molecule has 134 valence electrons. The fourth-order valence-corrected chi connectivity index (χ4v) is 2.34. The number of rotatable bonds is 10. The minimum atomic E-state index is -0.507. The molecular weight excluding hydrogens is 304 g/mol. The number of hydrogen-bond donors (Lipinski definition) is 1. The average Bonchev–Trinajstić information content (AvgIpc) is 2.59. The topological polar surface area (TPSA) is 58.6 Å². The molecule has 5 heteroatoms. The van der Waals surface area contributed by atoms with E-state index >= 15 is 0 Å². The van der Waals surface area contributed by atoms with E-state index in [1.807, 2.05) is 51.1 Å². The van der Waals surface area contributed by atoms with Crippen molar-refractivity contribution in [2.45, 2.75) is 46.7 Å². The largest absolute Gasteiger partial charge is 0.382 e. The van der Waals surface area contributed by atoms with Crippen molar-refractivity contribution in [1.82, 2.24) is 10.2 Å². The van der Waals surface area contributed by atoms with E-state index < -0.39 is 6.04 Å². The zero-order chi connectivity index (χ0) is 17.9. The van der Waals surface area contributed by atoms with E-state index in [1.165, 1.54) is 0 Å². The highest BCUT2D eigenvalue weighted by atomic mass is 16.5. The summed E-state index contributed by atoms with van der Waals surface area (Å²) in [5.74, 6) is -0.297. The second-order valence-electron chi connectivity index (χ2n) is 6.12. The second-order valence-corrected chi connectivity index (χ2v) is 6.12. The van der Waals surface area contributed by atoms with Crippen molar-refractivity contribution >= 4 is 11.8 Å². The molecule has 0 aliphatic rings. The molecule has 1 unspecified atom stereocenters. The summed E-state index contributed by atoms with van der Waals surface area (Å²) >= 11 is 0. The standard InChI is InChI=1S/C19H30N2O3/c1-5-24-13-9-12-20-18(22)16(4)21(19(23)15(2)3)14-17-10-7-6-8-11-17/h6-8,10-11,15-16H,5,9,12-14H2,1-4H3,(H,20,22). The van der Waals surface area contributed by atoms with Gasteiger partial charge in [0.05, 0.1) is 0 Å². The molecule has 24 heavy (non-hydrogen) atoms. The third kappa shape index (κ3) is 6.71. The molecule has 0 fully saturated rings. The first-order valence-electron chi connectivity index (χ1n) is 8.67. The van der Waals surface area contributed by atoms with E-state index in [4.69, 9.17) is 4.74 Å². The average molecular weight is 334 g/mol. The van der Waals surface area contributed by atoms with Gasteiger partial charge in [-0.3, -0.25) is 9.59 Å². The first-order valence-corrected chi connectivity index (χ1v) is 8.67. The van der Waals surface area contributed by atoms with Gasteiger partial charge in [0.25, 0.3) is 0 Å². The van der Waals surface area contributed by atoms with E-state index in [2.05, 4.69) is 5.32 Å². The number of ether oxygens (including phenoxy) is 1. The van der Waals surface area contributed by atoms with Crippen molar-refractivity contribution in [1.29, 1.82) is 0 Å². The summed E-state index contributed by atoms with van der Waals surface area (Å²) in [6.45, 7) is 9.73. The summed E-state index contributed by atoms with van der Waals surface area (Å²) in [6.07, 6.45) is 0.767. The van der Waals surface area contributed by atoms with Crippen LogP contribution in [0.1, 0.15) is 39.7 Å². The van der Waals surface area contributed by atoms with Crippen LogP contribution in [0.2, 0.25) is 0 Å². The maximum Gasteiger partial charge on any atom is 0.242 e. The minimum Gasteiger partial charge on any atom is -0.382 e. The number of hydrogen-bond acceptors (Lipinski definition) is 3. The zero-order valence-corrected chi connectivity index (χ0v) is 15.2. The lowest BCUT2D eigenvalue weighted by molar-refractivity contribution is -0.143. The molecule has 5 nitrogen and oxygen atoms in total. The third-order valence-electron chi connectivity index (χ3n) is 3.79. The van der Waals surface area contributed by atoms with Gasteiger partial charge in [0, 0.05) is 32.2 Å². The van der Waals surface area contributed by atoms with Gasteiger partial charge in [0.15, 0.2) is 0 Å². The molecule has 1 atom stereocenters. The summed E-state index contributed by atoms with van der Waals surface area (Å²) in [7, 11) is 0. The Labute approximate surface area is 145 Å². The molecule has 0 radical (unpaired) electrons. The molecule has 0 bridgehead atoms. The van der Waals surface area contributed by atoms with E-state index in [1.54, 1.807) is 11.8 Å². The third-order valence-corrected chi connectivity index (χ3v) is 3.79. The first-order chi connectivity index (χ1) is 11.5. The summed E-state index contributed by atoms with van der Waals surface area (Å²) < 4.78 is 5.26. The summed E-state index contributed by atoms with van der Waals surface area (Å²) in [4.78, 5) is 26.6. The molecule has 1 N–H and O–H groups in total. The van der Waals surface area contributed by atoms with Gasteiger partial charge in [-0.1, -0.05) is 44.2 Å². The lowest BCUT2D eigenvalue weighted by Crippen LogP contribution is -2.49. The Hall–Kier alpha value is -1.88. The van der Waals surface area contributed by atoms with Gasteiger partial charge in [-0.05, 0) is 25.8 Å². The Morgan fingerprint density at radius 1 is 1.17 bits per heavy atom. The van der Waals surface area contributed by atoms with Gasteiger partial charge in [-0.15, -0.1) is 0 Å². The molecule has 1 rings (SSSR count). The molecule has 1 aromatic rings. The Kier molecular flexibility index (Phi) is 9.08. The maximum absolute atomic E-state index is 12.5. The summed E-state index contributed by atoms with van der Waals surface area (Å²) in [5, 5.41) is 2.89. The van der Waals surface area contributed by atoms with Crippen LogP contribution in [-0.4, -0.2) is 42.5 Å². The van der Waals surface area contributed by atoms with Gasteiger partial charge in [0.2, 0.25) is 11.8 Å². The Bertz CT molecular complexity index is 503. The Morgan fingerprint density at radius 2 is 1.83 bits per heavy atom. The molecule has 0 aromatic heterocycles. The zero-order valence-electron chi connectivity index (χ0n) is 15.2. The quantitative estimate of drug-likeness (QED) is 0.669. The lowest BCUT2D eigenvalue weighted by atomic mass is 10.1. The number of carbonyl (C=O) groups is 2. The smallest absolute Gasteiger partial charge is 0.242 e. The predicted octanol–water partition coefficient (Wildman–Crippen LogP) is 2.60. The predicted molar refractivity (Wildman–Crippen MR) is 95.4 cm³/mol. The minimum absolute atomic E-state index is 0.0178. The maximum atomic E-state index is 12.5. The molecule has 0 spiro atoms. The number of carbonyl (C=O) groups excluding carboxylic acids is 2. The highest BCUT2D eigenvalue weighted by Crippen LogP contribution is 2.13. The van der Waals surface area contributed by atoms with Crippen LogP contribution in [0.15, 0.2) is 30.3 Å². The van der Waals surface area contributed by atoms with Crippen molar-refractivity contribution in [2.75, 3.05) is 19.8 Å². The number of nitrogens with zero attached hydrogens (tertiary/aromatic N) is 1. The number of nitrogens with one attached hydrogen (secondary N) is 1. The Balaban J connectivity index is 2.67. The van der Waals surface area contributed by atoms with E-state index in [-0.39, 0.29) is 17.7 Å². The summed E-state index contributed by atoms with van der Waals surface area (Å²) in [6, 6.07) is 9.23. The van der Waals surface area contributed by atoms with Crippen LogP contribution in [0.4, 0.5) is 0 Å². The lowest BCUT2D eigenvalue weighted by Gasteiger charge is -2.30. The second kappa shape index (κ2) is 10.8. The highest BCUT2D eigenvalue weighted by Gasteiger charge is 2.27. The molecule has 0 saturated heterocycles. The van der Waals surface area contributed by atoms with E-state index in [0.717, 1.165) is 12.0 Å². The number of amides is 2. The highest BCUT2D eigenvalue weighted by molar-refractivity contribution is 5.88. The molecule has 0 aliphatic carbocycles. The first kappa shape index (κ1) is 20.2. The van der Waals surface area contributed by atoms with E-state index in [0.29, 0.717) is 26.3 Å². The molecule has 0 aliphatic heterocycles. The van der Waals surface area contributed by atoms with E-state index in [9.17, 15) is 9.59 Å². The normalized spacial score (nSPS) is 12.0. The van der Waals surface area contributed by atoms with Crippen molar-refractivity contribution < 1.29 is 14.3 Å². The van der Waals surface area contributed by atoms with Crippen molar-refractivity contribution in [3.63, 3.8) is 0 Å². The van der Waals surface area contributed by atoms with Crippen molar-refractivity contribution in [3.05, 3.63) is 35.9 Å². The summed E-state index contributed by atoms with van der Waals surface area (Å²) in [5.41, 5.74) is 1.02. The van der Waals surface area contributed by atoms with Crippen LogP contribution in [0.3, 0.4) is 0 Å². The molecule has 0 saturated carbocycles. The number of benzene rings is 1. The van der Waals surface area contributed by atoms with Gasteiger partial charge >= 0.3 is 0 Å². The molecule has 2 amide bonds. The van der Waals surface area contributed by atoms with Crippen LogP contribution in [0.25, 0.3) is 0 Å². The van der Waals surface area contributed by atoms with Crippen LogP contribution in [-0.2, 0) is 20.9 Å². The van der Waals surface area contributed by atoms with Gasteiger partial charge < -0.3 is 15.0 Å². The SMILES string of the molecule is CCOCCCNC(=O)C(C)N(Cc1ccccc1)C(=O)C(C)C. The van der Waals surface area contributed by atoms with Gasteiger partial charge in [-0.2, -0.15) is 0 Å². The van der Waals surface area contributed by atoms with Gasteiger partial charge in [0.1, 0.15) is 6.04 Å². The van der Waals surface area contributed by atoms with Crippen molar-refractivity contribution in [3.8, 4) is 0 Å². The molecular formula is C19H30N2O3. The van der Waals surface area contributed by atoms with Crippen LogP contribution in [0, 0.1) is 5.92 Å². The van der Waals surface area contributed by atoms with Gasteiger partial charge in [-0.25, -0.2) is 0 Å². The van der Waals surface area contributed by atoms with Crippen LogP contribution >= 0.6 is 0 Å². The molecule has 0 heterocycles. The molecule has 1 aromatic carbocycles. The van der Waals surface area contributed by atoms with Crippen LogP contribution in [0.5, 0.6) is 0 Å². The fraction of sp³-hybridized carbons (Fsp3) is 0.579. The monoisotopic (exact) mass is 334 g/mol. The van der Waals surface area contributed by atoms with Crippen LogP contribution < -0.4 is 5.32 Å². The van der Waals surface area contributed by atoms with Crippen molar-refractivity contribution in [2.24, 2.45) is 5.92 Å². The Morgan fingerprint density at radius 3 is 2.42 bits per heavy atom.